The van der Waals surface area contributed by atoms with E-state index in [0.29, 0.717) is 24.1 Å². The van der Waals surface area contributed by atoms with Gasteiger partial charge in [-0.25, -0.2) is 0 Å². The van der Waals surface area contributed by atoms with E-state index in [-0.39, 0.29) is 11.8 Å². The molecule has 2 rings (SSSR count). The molecule has 1 aromatic carbocycles. The molecule has 24 heavy (non-hydrogen) atoms. The normalized spacial score (nSPS) is 18.6. The molecule has 1 amide bonds. The number of benzene rings is 1. The molecular formula is C18H22F3NO2. The van der Waals surface area contributed by atoms with E-state index in [1.807, 2.05) is 6.92 Å². The molecule has 1 unspecified atom stereocenters. The molecule has 3 nitrogen and oxygen atoms in total. The summed E-state index contributed by atoms with van der Waals surface area (Å²) < 4.78 is 38.1. The Morgan fingerprint density at radius 2 is 1.75 bits per heavy atom. The van der Waals surface area contributed by atoms with Gasteiger partial charge < -0.3 is 10.0 Å². The highest BCUT2D eigenvalue weighted by Crippen LogP contribution is 2.36. The lowest BCUT2D eigenvalue weighted by Gasteiger charge is -2.26. The number of hydrogen-bond donors (Lipinski definition) is 1. The van der Waals surface area contributed by atoms with Gasteiger partial charge in [0.1, 0.15) is 0 Å². The van der Waals surface area contributed by atoms with E-state index in [1.165, 1.54) is 12.1 Å². The zero-order valence-electron chi connectivity index (χ0n) is 13.9. The molecule has 1 heterocycles. The standard InChI is InChI=1S/C18H22F3NO2/c1-3-5-6-11-22-14(4-2)15(16(23)17(22)24)12-7-9-13(10-8-12)18(19,20)21/h7-10,14,23H,3-6,11H2,1-2H3. The van der Waals surface area contributed by atoms with Crippen LogP contribution in [0.5, 0.6) is 0 Å². The molecule has 132 valence electrons. The maximum atomic E-state index is 12.7. The smallest absolute Gasteiger partial charge is 0.416 e. The molecule has 1 aliphatic rings. The summed E-state index contributed by atoms with van der Waals surface area (Å²) in [5, 5.41) is 10.2. The Kier molecular flexibility index (Phi) is 5.57. The Morgan fingerprint density at radius 1 is 1.12 bits per heavy atom. The number of aliphatic hydroxyl groups is 1. The number of nitrogens with zero attached hydrogens (tertiary/aromatic N) is 1. The fraction of sp³-hybridized carbons (Fsp3) is 0.500. The molecule has 1 aliphatic heterocycles. The molecule has 0 radical (unpaired) electrons. The fourth-order valence-electron chi connectivity index (χ4n) is 3.09. The van der Waals surface area contributed by atoms with Crippen LogP contribution >= 0.6 is 0 Å². The van der Waals surface area contributed by atoms with Crippen LogP contribution in [0.1, 0.15) is 50.7 Å². The van der Waals surface area contributed by atoms with E-state index in [0.717, 1.165) is 31.4 Å². The van der Waals surface area contributed by atoms with Crippen LogP contribution < -0.4 is 0 Å². The second-order valence-corrected chi connectivity index (χ2v) is 5.97. The van der Waals surface area contributed by atoms with Crippen molar-refractivity contribution in [2.24, 2.45) is 0 Å². The van der Waals surface area contributed by atoms with Gasteiger partial charge in [-0.05, 0) is 30.5 Å². The van der Waals surface area contributed by atoms with Crippen molar-refractivity contribution in [1.82, 2.24) is 4.90 Å². The number of unbranched alkanes of at least 4 members (excludes halogenated alkanes) is 2. The van der Waals surface area contributed by atoms with Gasteiger partial charge in [-0.3, -0.25) is 4.79 Å². The first-order chi connectivity index (χ1) is 11.3. The minimum atomic E-state index is -4.41. The summed E-state index contributed by atoms with van der Waals surface area (Å²) in [5.74, 6) is -0.786. The van der Waals surface area contributed by atoms with Gasteiger partial charge in [0.05, 0.1) is 11.6 Å². The van der Waals surface area contributed by atoms with Gasteiger partial charge in [-0.15, -0.1) is 0 Å². The minimum absolute atomic E-state index is 0.300. The Labute approximate surface area is 139 Å². The second kappa shape index (κ2) is 7.28. The van der Waals surface area contributed by atoms with Crippen molar-refractivity contribution in [3.63, 3.8) is 0 Å². The molecule has 0 aromatic heterocycles. The van der Waals surface area contributed by atoms with Crippen LogP contribution in [0.4, 0.5) is 13.2 Å². The van der Waals surface area contributed by atoms with Gasteiger partial charge in [0.2, 0.25) is 0 Å². The molecule has 1 atom stereocenters. The van der Waals surface area contributed by atoms with E-state index in [2.05, 4.69) is 6.92 Å². The number of alkyl halides is 3. The molecule has 0 bridgehead atoms. The van der Waals surface area contributed by atoms with Gasteiger partial charge in [0.15, 0.2) is 5.76 Å². The first-order valence-electron chi connectivity index (χ1n) is 8.23. The van der Waals surface area contributed by atoms with Crippen LogP contribution in [-0.2, 0) is 11.0 Å². The largest absolute Gasteiger partial charge is 0.503 e. The van der Waals surface area contributed by atoms with Gasteiger partial charge in [0.25, 0.3) is 5.91 Å². The van der Waals surface area contributed by atoms with Gasteiger partial charge in [0, 0.05) is 12.1 Å². The predicted molar refractivity (Wildman–Crippen MR) is 86.3 cm³/mol. The van der Waals surface area contributed by atoms with Crippen LogP contribution in [-0.4, -0.2) is 28.5 Å². The summed E-state index contributed by atoms with van der Waals surface area (Å²) in [6.45, 7) is 4.50. The molecule has 0 aliphatic carbocycles. The van der Waals surface area contributed by atoms with Crippen molar-refractivity contribution < 1.29 is 23.1 Å². The number of carbonyl (C=O) groups is 1. The van der Waals surface area contributed by atoms with Gasteiger partial charge in [-0.2, -0.15) is 13.2 Å². The van der Waals surface area contributed by atoms with Crippen molar-refractivity contribution in [3.8, 4) is 0 Å². The SMILES string of the molecule is CCCCCN1C(=O)C(O)=C(c2ccc(C(F)(F)F)cc2)C1CC. The molecule has 0 saturated carbocycles. The predicted octanol–water partition coefficient (Wildman–Crippen LogP) is 4.79. The Morgan fingerprint density at radius 3 is 2.25 bits per heavy atom. The van der Waals surface area contributed by atoms with Crippen molar-refractivity contribution >= 4 is 11.5 Å². The average molecular weight is 341 g/mol. The van der Waals surface area contributed by atoms with Crippen molar-refractivity contribution in [3.05, 3.63) is 41.2 Å². The lowest BCUT2D eigenvalue weighted by Crippen LogP contribution is -2.36. The topological polar surface area (TPSA) is 40.5 Å². The van der Waals surface area contributed by atoms with E-state index in [1.54, 1.807) is 4.90 Å². The van der Waals surface area contributed by atoms with Crippen LogP contribution in [0.2, 0.25) is 0 Å². The van der Waals surface area contributed by atoms with Gasteiger partial charge in [-0.1, -0.05) is 38.8 Å². The lowest BCUT2D eigenvalue weighted by molar-refractivity contribution is -0.137. The number of amides is 1. The molecular weight excluding hydrogens is 319 g/mol. The second-order valence-electron chi connectivity index (χ2n) is 5.97. The Balaban J connectivity index is 2.29. The van der Waals surface area contributed by atoms with Crippen molar-refractivity contribution in [1.29, 1.82) is 0 Å². The number of halogens is 3. The highest BCUT2D eigenvalue weighted by molar-refractivity contribution is 6.05. The van der Waals surface area contributed by atoms with E-state index < -0.39 is 17.6 Å². The average Bonchev–Trinajstić information content (AvgIpc) is 2.78. The number of rotatable bonds is 6. The lowest BCUT2D eigenvalue weighted by atomic mass is 9.96. The van der Waals surface area contributed by atoms with Crippen LogP contribution in [0.25, 0.3) is 5.57 Å². The fourth-order valence-corrected chi connectivity index (χ4v) is 3.09. The monoisotopic (exact) mass is 341 g/mol. The van der Waals surface area contributed by atoms with Gasteiger partial charge >= 0.3 is 6.18 Å². The summed E-state index contributed by atoms with van der Waals surface area (Å²) in [6.07, 6.45) is -0.970. The maximum Gasteiger partial charge on any atom is 0.416 e. The Hall–Kier alpha value is -1.98. The summed E-state index contributed by atoms with van der Waals surface area (Å²) in [7, 11) is 0. The zero-order valence-corrected chi connectivity index (χ0v) is 13.9. The van der Waals surface area contributed by atoms with Crippen LogP contribution in [0.15, 0.2) is 30.0 Å². The first-order valence-corrected chi connectivity index (χ1v) is 8.23. The van der Waals surface area contributed by atoms with E-state index >= 15 is 0 Å². The van der Waals surface area contributed by atoms with Crippen LogP contribution in [0, 0.1) is 0 Å². The zero-order chi connectivity index (χ0) is 17.9. The maximum absolute atomic E-state index is 12.7. The molecule has 6 heteroatoms. The first kappa shape index (κ1) is 18.4. The summed E-state index contributed by atoms with van der Waals surface area (Å²) in [4.78, 5) is 13.9. The van der Waals surface area contributed by atoms with E-state index in [9.17, 15) is 23.1 Å². The summed E-state index contributed by atoms with van der Waals surface area (Å²) in [6, 6.07) is 4.30. The number of carbonyl (C=O) groups excluding carboxylic acids is 1. The highest BCUT2D eigenvalue weighted by Gasteiger charge is 2.39. The molecule has 1 aromatic rings. The number of aliphatic hydroxyl groups excluding tert-OH is 1. The summed E-state index contributed by atoms with van der Waals surface area (Å²) in [5.41, 5.74) is 0.134. The molecule has 1 N–H and O–H groups in total. The van der Waals surface area contributed by atoms with Crippen LogP contribution in [0.3, 0.4) is 0 Å². The third kappa shape index (κ3) is 3.57. The molecule has 0 saturated heterocycles. The quantitative estimate of drug-likeness (QED) is 0.756. The highest BCUT2D eigenvalue weighted by atomic mass is 19.4. The summed E-state index contributed by atoms with van der Waals surface area (Å²) >= 11 is 0. The third-order valence-electron chi connectivity index (χ3n) is 4.34. The van der Waals surface area contributed by atoms with E-state index in [4.69, 9.17) is 0 Å². The van der Waals surface area contributed by atoms with Crippen molar-refractivity contribution in [2.75, 3.05) is 6.54 Å². The molecule has 0 fully saturated rings. The minimum Gasteiger partial charge on any atom is -0.503 e. The van der Waals surface area contributed by atoms with Crippen molar-refractivity contribution in [2.45, 2.75) is 51.7 Å². The third-order valence-corrected chi connectivity index (χ3v) is 4.34. The number of hydrogen-bond acceptors (Lipinski definition) is 2. The Bertz CT molecular complexity index is 620. The molecule has 0 spiro atoms.